The Morgan fingerprint density at radius 2 is 2.15 bits per heavy atom. The summed E-state index contributed by atoms with van der Waals surface area (Å²) in [6.07, 6.45) is 1.54. The van der Waals surface area contributed by atoms with E-state index in [0.717, 1.165) is 5.56 Å². The van der Waals surface area contributed by atoms with Crippen LogP contribution in [0.2, 0.25) is 0 Å². The van der Waals surface area contributed by atoms with E-state index in [1.807, 2.05) is 30.3 Å². The van der Waals surface area contributed by atoms with E-state index in [0.29, 0.717) is 11.0 Å². The topological polar surface area (TPSA) is 67.8 Å². The molecule has 1 aliphatic heterocycles. The fraction of sp³-hybridized carbons (Fsp3) is 0.385. The first-order valence-electron chi connectivity index (χ1n) is 6.18. The van der Waals surface area contributed by atoms with Crippen molar-refractivity contribution in [2.75, 3.05) is 12.9 Å². The molecule has 0 saturated carbocycles. The maximum Gasteiger partial charge on any atom is 0.322 e. The Morgan fingerprint density at radius 3 is 2.75 bits per heavy atom. The minimum Gasteiger partial charge on any atom is -0.465 e. The highest BCUT2D eigenvalue weighted by Crippen LogP contribution is 2.32. The van der Waals surface area contributed by atoms with Crippen LogP contribution >= 0.6 is 11.8 Å². The molecule has 0 aromatic heterocycles. The van der Waals surface area contributed by atoms with Crippen LogP contribution in [-0.2, 0) is 20.3 Å². The molecule has 0 bridgehead atoms. The molecule has 0 amide bonds. The van der Waals surface area contributed by atoms with Crippen molar-refractivity contribution in [3.05, 3.63) is 35.9 Å². The number of esters is 1. The lowest BCUT2D eigenvalue weighted by Crippen LogP contribution is -2.39. The van der Waals surface area contributed by atoms with Gasteiger partial charge in [-0.1, -0.05) is 42.1 Å². The van der Waals surface area contributed by atoms with Gasteiger partial charge in [0, 0.05) is 6.26 Å². The number of thioether (sulfide) groups is 1. The number of hydrazone groups is 1. The Hall–Kier alpha value is -1.34. The van der Waals surface area contributed by atoms with Crippen LogP contribution in [0.3, 0.4) is 0 Å². The number of rotatable bonds is 3. The Kier molecular flexibility index (Phi) is 5.19. The fourth-order valence-corrected chi connectivity index (χ4v) is 3.72. The zero-order valence-electron chi connectivity index (χ0n) is 11.2. The van der Waals surface area contributed by atoms with E-state index in [4.69, 9.17) is 4.74 Å². The predicted octanol–water partition coefficient (Wildman–Crippen LogP) is 1.65. The summed E-state index contributed by atoms with van der Waals surface area (Å²) in [6, 6.07) is 9.28. The maximum absolute atomic E-state index is 12.1. The lowest BCUT2D eigenvalue weighted by Gasteiger charge is -2.29. The molecule has 2 rings (SSSR count). The molecular weight excluding hydrogens is 296 g/mol. The van der Waals surface area contributed by atoms with Crippen molar-refractivity contribution in [2.24, 2.45) is 5.10 Å². The van der Waals surface area contributed by atoms with E-state index in [9.17, 15) is 9.00 Å². The summed E-state index contributed by atoms with van der Waals surface area (Å²) in [5.74, 6) is -0.322. The van der Waals surface area contributed by atoms with Crippen LogP contribution in [0.4, 0.5) is 0 Å². The van der Waals surface area contributed by atoms with Gasteiger partial charge < -0.3 is 4.74 Å². The van der Waals surface area contributed by atoms with Crippen molar-refractivity contribution in [1.82, 2.24) is 5.43 Å². The second kappa shape index (κ2) is 6.90. The average molecular weight is 312 g/mol. The van der Waals surface area contributed by atoms with Gasteiger partial charge in [-0.25, -0.2) is 0 Å². The van der Waals surface area contributed by atoms with Crippen LogP contribution in [-0.4, -0.2) is 32.7 Å². The third kappa shape index (κ3) is 3.40. The summed E-state index contributed by atoms with van der Waals surface area (Å²) in [4.78, 5) is 12.1. The van der Waals surface area contributed by atoms with Gasteiger partial charge in [0.1, 0.15) is 5.25 Å². The summed E-state index contributed by atoms with van der Waals surface area (Å²) in [5.41, 5.74) is 3.88. The molecule has 0 spiro atoms. The Balaban J connectivity index is 2.28. The molecule has 20 heavy (non-hydrogen) atoms. The fourth-order valence-electron chi connectivity index (χ4n) is 1.84. The molecule has 0 saturated heterocycles. The summed E-state index contributed by atoms with van der Waals surface area (Å²) in [5, 5.41) is 3.61. The SMILES string of the molecule is CCOC(=O)[C@H]1SC(S(C)=O)=NN[C@H]1c1ccccc1. The highest BCUT2D eigenvalue weighted by atomic mass is 32.2. The Labute approximate surface area is 124 Å². The number of nitrogens with zero attached hydrogens (tertiary/aromatic N) is 1. The Bertz CT molecular complexity index is 534. The van der Waals surface area contributed by atoms with E-state index in [-0.39, 0.29) is 12.0 Å². The van der Waals surface area contributed by atoms with Crippen molar-refractivity contribution in [3.63, 3.8) is 0 Å². The molecule has 0 radical (unpaired) electrons. The molecule has 1 N–H and O–H groups in total. The molecule has 1 aliphatic rings. The summed E-state index contributed by atoms with van der Waals surface area (Å²) >= 11 is 1.20. The first kappa shape index (κ1) is 15.1. The molecule has 1 heterocycles. The number of hydrogen-bond acceptors (Lipinski definition) is 6. The minimum atomic E-state index is -1.22. The van der Waals surface area contributed by atoms with Gasteiger partial charge >= 0.3 is 5.97 Å². The molecule has 1 aromatic rings. The van der Waals surface area contributed by atoms with Crippen LogP contribution < -0.4 is 5.43 Å². The molecule has 108 valence electrons. The third-order valence-corrected chi connectivity index (χ3v) is 5.34. The van der Waals surface area contributed by atoms with Gasteiger partial charge in [0.2, 0.25) is 0 Å². The van der Waals surface area contributed by atoms with Crippen molar-refractivity contribution in [1.29, 1.82) is 0 Å². The minimum absolute atomic E-state index is 0.285. The van der Waals surface area contributed by atoms with E-state index < -0.39 is 16.0 Å². The molecule has 1 unspecified atom stereocenters. The molecule has 7 heteroatoms. The first-order valence-corrected chi connectivity index (χ1v) is 8.62. The molecular formula is C13H16N2O3S2. The summed E-state index contributed by atoms with van der Waals surface area (Å²) in [6.45, 7) is 2.09. The lowest BCUT2D eigenvalue weighted by atomic mass is 10.0. The van der Waals surface area contributed by atoms with Crippen molar-refractivity contribution in [2.45, 2.75) is 18.2 Å². The Morgan fingerprint density at radius 1 is 1.45 bits per heavy atom. The normalized spacial score (nSPS) is 23.4. The van der Waals surface area contributed by atoms with Crippen LogP contribution in [0.1, 0.15) is 18.5 Å². The van der Waals surface area contributed by atoms with Gasteiger partial charge in [-0.2, -0.15) is 5.10 Å². The highest BCUT2D eigenvalue weighted by Gasteiger charge is 2.36. The lowest BCUT2D eigenvalue weighted by molar-refractivity contribution is -0.143. The van der Waals surface area contributed by atoms with Crippen molar-refractivity contribution in [3.8, 4) is 0 Å². The third-order valence-electron chi connectivity index (χ3n) is 2.75. The van der Waals surface area contributed by atoms with Gasteiger partial charge in [-0.05, 0) is 12.5 Å². The molecule has 0 fully saturated rings. The quantitative estimate of drug-likeness (QED) is 0.860. The van der Waals surface area contributed by atoms with E-state index in [2.05, 4.69) is 10.5 Å². The molecule has 0 aliphatic carbocycles. The van der Waals surface area contributed by atoms with E-state index in [1.54, 1.807) is 13.2 Å². The van der Waals surface area contributed by atoms with Gasteiger partial charge in [0.05, 0.1) is 23.4 Å². The second-order valence-corrected chi connectivity index (χ2v) is 6.82. The number of carbonyl (C=O) groups excluding carboxylic acids is 1. The zero-order valence-corrected chi connectivity index (χ0v) is 12.9. The van der Waals surface area contributed by atoms with Gasteiger partial charge in [0.15, 0.2) is 4.38 Å². The first-order chi connectivity index (χ1) is 9.63. The summed E-state index contributed by atoms with van der Waals surface area (Å²) < 4.78 is 17.1. The standard InChI is InChI=1S/C13H16N2O3S2/c1-3-18-12(16)11-10(9-7-5-4-6-8-9)14-15-13(19-11)20(2)17/h4-8,10-11,14H,3H2,1-2H3/t10-,11-,20?/m0/s1. The maximum atomic E-state index is 12.1. The van der Waals surface area contributed by atoms with Gasteiger partial charge in [-0.3, -0.25) is 14.4 Å². The number of nitrogens with one attached hydrogen (secondary N) is 1. The second-order valence-electron chi connectivity index (χ2n) is 4.14. The van der Waals surface area contributed by atoms with Crippen LogP contribution in [0.25, 0.3) is 0 Å². The van der Waals surface area contributed by atoms with Crippen molar-refractivity contribution >= 4 is 32.9 Å². The molecule has 3 atom stereocenters. The number of benzene rings is 1. The van der Waals surface area contributed by atoms with E-state index >= 15 is 0 Å². The number of carbonyl (C=O) groups is 1. The average Bonchev–Trinajstić information content (AvgIpc) is 2.47. The monoisotopic (exact) mass is 312 g/mol. The summed E-state index contributed by atoms with van der Waals surface area (Å²) in [7, 11) is -1.22. The van der Waals surface area contributed by atoms with Crippen LogP contribution in [0.5, 0.6) is 0 Å². The smallest absolute Gasteiger partial charge is 0.322 e. The molecule has 1 aromatic carbocycles. The largest absolute Gasteiger partial charge is 0.465 e. The van der Waals surface area contributed by atoms with E-state index in [1.165, 1.54) is 11.8 Å². The van der Waals surface area contributed by atoms with Gasteiger partial charge in [0.25, 0.3) is 0 Å². The molecule has 5 nitrogen and oxygen atoms in total. The zero-order chi connectivity index (χ0) is 14.5. The number of hydrogen-bond donors (Lipinski definition) is 1. The highest BCUT2D eigenvalue weighted by molar-refractivity contribution is 8.33. The number of ether oxygens (including phenoxy) is 1. The predicted molar refractivity (Wildman–Crippen MR) is 81.8 cm³/mol. The van der Waals surface area contributed by atoms with Crippen LogP contribution in [0.15, 0.2) is 35.4 Å². The van der Waals surface area contributed by atoms with Gasteiger partial charge in [-0.15, -0.1) is 0 Å². The van der Waals surface area contributed by atoms with Crippen molar-refractivity contribution < 1.29 is 13.7 Å². The van der Waals surface area contributed by atoms with Crippen LogP contribution in [0, 0.1) is 0 Å².